The molecule has 0 radical (unpaired) electrons. The van der Waals surface area contributed by atoms with E-state index >= 15 is 0 Å². The molecular weight excluding hydrogens is 228 g/mol. The van der Waals surface area contributed by atoms with Crippen molar-refractivity contribution in [2.75, 3.05) is 13.2 Å². The van der Waals surface area contributed by atoms with Crippen molar-refractivity contribution in [3.63, 3.8) is 0 Å². The van der Waals surface area contributed by atoms with E-state index in [9.17, 15) is 0 Å². The number of amidine groups is 1. The van der Waals surface area contributed by atoms with Crippen molar-refractivity contribution >= 4 is 5.84 Å². The molecule has 96 valence electrons. The topological polar surface area (TPSA) is 54.3 Å². The highest BCUT2D eigenvalue weighted by atomic mass is 16.8. The van der Waals surface area contributed by atoms with Crippen molar-refractivity contribution in [1.82, 2.24) is 5.32 Å². The smallest absolute Gasteiger partial charge is 0.279 e. The van der Waals surface area contributed by atoms with Crippen LogP contribution in [-0.4, -0.2) is 19.0 Å². The Labute approximate surface area is 107 Å². The normalized spacial score (nSPS) is 21.2. The van der Waals surface area contributed by atoms with Gasteiger partial charge in [-0.15, -0.1) is 0 Å². The molecule has 2 heterocycles. The molecule has 0 amide bonds. The summed E-state index contributed by atoms with van der Waals surface area (Å²) in [5, 5.41) is 11.1. The van der Waals surface area contributed by atoms with Gasteiger partial charge in [-0.25, -0.2) is 0 Å². The molecule has 2 aliphatic heterocycles. The van der Waals surface area contributed by atoms with Crippen molar-refractivity contribution in [2.45, 2.75) is 32.1 Å². The van der Waals surface area contributed by atoms with Crippen molar-refractivity contribution in [2.24, 2.45) is 0 Å². The molecule has 1 saturated heterocycles. The maximum Gasteiger partial charge on any atom is 0.279 e. The fraction of sp³-hybridized carbons (Fsp3) is 0.500. The van der Waals surface area contributed by atoms with Gasteiger partial charge in [-0.1, -0.05) is 32.9 Å². The highest BCUT2D eigenvalue weighted by Gasteiger charge is 2.47. The van der Waals surface area contributed by atoms with E-state index in [0.717, 1.165) is 11.1 Å². The largest absolute Gasteiger partial charge is 0.327 e. The van der Waals surface area contributed by atoms with E-state index in [2.05, 4.69) is 38.2 Å². The van der Waals surface area contributed by atoms with Crippen LogP contribution in [0.1, 0.15) is 37.5 Å². The first kappa shape index (κ1) is 11.7. The summed E-state index contributed by atoms with van der Waals surface area (Å²) in [5.74, 6) is -0.541. The number of hydrogen-bond acceptors (Lipinski definition) is 3. The summed E-state index contributed by atoms with van der Waals surface area (Å²) < 4.78 is 11.3. The number of benzene rings is 1. The van der Waals surface area contributed by atoms with Crippen molar-refractivity contribution in [3.8, 4) is 0 Å². The van der Waals surface area contributed by atoms with Crippen LogP contribution in [0, 0.1) is 5.41 Å². The summed E-state index contributed by atoms with van der Waals surface area (Å²) in [6.07, 6.45) is 0. The first-order valence-corrected chi connectivity index (χ1v) is 6.22. The minimum absolute atomic E-state index is 0.0719. The summed E-state index contributed by atoms with van der Waals surface area (Å²) in [6, 6.07) is 6.16. The van der Waals surface area contributed by atoms with Crippen LogP contribution < -0.4 is 5.32 Å². The fourth-order valence-electron chi connectivity index (χ4n) is 2.44. The van der Waals surface area contributed by atoms with Crippen LogP contribution in [0.3, 0.4) is 0 Å². The third kappa shape index (κ3) is 1.56. The number of rotatable bonds is 0. The minimum atomic E-state index is -0.914. The van der Waals surface area contributed by atoms with E-state index in [-0.39, 0.29) is 5.41 Å². The van der Waals surface area contributed by atoms with Gasteiger partial charge in [0.2, 0.25) is 0 Å². The van der Waals surface area contributed by atoms with Gasteiger partial charge in [-0.2, -0.15) is 0 Å². The number of hydrogen-bond donors (Lipinski definition) is 2. The Balaban J connectivity index is 2.11. The molecule has 3 rings (SSSR count). The zero-order valence-electron chi connectivity index (χ0n) is 11.0. The Kier molecular flexibility index (Phi) is 2.31. The second-order valence-corrected chi connectivity index (χ2v) is 5.82. The zero-order chi connectivity index (χ0) is 13.0. The Hall–Kier alpha value is -1.39. The Bertz CT molecular complexity index is 511. The van der Waals surface area contributed by atoms with E-state index in [1.54, 1.807) is 0 Å². The number of fused-ring (bicyclic) bond motifs is 2. The lowest BCUT2D eigenvalue weighted by Crippen LogP contribution is -2.40. The predicted molar refractivity (Wildman–Crippen MR) is 68.7 cm³/mol. The molecule has 1 aromatic carbocycles. The van der Waals surface area contributed by atoms with Gasteiger partial charge in [-0.05, 0) is 17.0 Å². The summed E-state index contributed by atoms with van der Waals surface area (Å²) in [4.78, 5) is 0. The second-order valence-electron chi connectivity index (χ2n) is 5.82. The third-order valence-corrected chi connectivity index (χ3v) is 3.49. The molecule has 0 aliphatic carbocycles. The van der Waals surface area contributed by atoms with Crippen LogP contribution in [0.5, 0.6) is 0 Å². The van der Waals surface area contributed by atoms with Crippen LogP contribution in [-0.2, 0) is 20.8 Å². The van der Waals surface area contributed by atoms with Crippen LogP contribution in [0.15, 0.2) is 18.2 Å². The average Bonchev–Trinajstić information content (AvgIpc) is 2.86. The summed E-state index contributed by atoms with van der Waals surface area (Å²) in [7, 11) is 0. The molecular formula is C14H18N2O2. The molecule has 1 aromatic rings. The molecule has 0 unspecified atom stereocenters. The molecule has 0 aromatic heterocycles. The second kappa shape index (κ2) is 3.56. The zero-order valence-corrected chi connectivity index (χ0v) is 11.0. The van der Waals surface area contributed by atoms with Crippen LogP contribution in [0.4, 0.5) is 0 Å². The van der Waals surface area contributed by atoms with Gasteiger partial charge in [0, 0.05) is 11.1 Å². The summed E-state index contributed by atoms with van der Waals surface area (Å²) in [6.45, 7) is 7.61. The van der Waals surface area contributed by atoms with Gasteiger partial charge in [-0.3, -0.25) is 5.41 Å². The van der Waals surface area contributed by atoms with E-state index in [4.69, 9.17) is 14.9 Å². The highest BCUT2D eigenvalue weighted by molar-refractivity contribution is 6.01. The Morgan fingerprint density at radius 3 is 2.50 bits per heavy atom. The quantitative estimate of drug-likeness (QED) is 0.737. The summed E-state index contributed by atoms with van der Waals surface area (Å²) >= 11 is 0. The molecule has 0 bridgehead atoms. The Morgan fingerprint density at radius 1 is 1.22 bits per heavy atom. The molecule has 4 heteroatoms. The number of nitrogens with one attached hydrogen (secondary N) is 2. The standard InChI is InChI=1S/C14H18N2O2/c1-13(2,3)9-4-5-11-10(8-9)12(15)16-14(11)17-6-7-18-14/h4-5,8H,6-7H2,1-3H3,(H2,15,16). The van der Waals surface area contributed by atoms with E-state index in [0.29, 0.717) is 19.0 Å². The lowest BCUT2D eigenvalue weighted by atomic mass is 9.85. The van der Waals surface area contributed by atoms with Crippen LogP contribution in [0.25, 0.3) is 0 Å². The number of ether oxygens (including phenoxy) is 2. The van der Waals surface area contributed by atoms with Crippen molar-refractivity contribution in [1.29, 1.82) is 5.41 Å². The van der Waals surface area contributed by atoms with Crippen LogP contribution in [0.2, 0.25) is 0 Å². The van der Waals surface area contributed by atoms with E-state index in [1.165, 1.54) is 5.56 Å². The molecule has 0 atom stereocenters. The lowest BCUT2D eigenvalue weighted by Gasteiger charge is -2.23. The first-order valence-electron chi connectivity index (χ1n) is 6.22. The first-order chi connectivity index (χ1) is 8.42. The molecule has 1 spiro atoms. The molecule has 4 nitrogen and oxygen atoms in total. The minimum Gasteiger partial charge on any atom is -0.327 e. The fourth-order valence-corrected chi connectivity index (χ4v) is 2.44. The van der Waals surface area contributed by atoms with Gasteiger partial charge >= 0.3 is 0 Å². The SMILES string of the molecule is CC(C)(C)c1ccc2c(c1)C(=N)NC21OCCO1. The summed E-state index contributed by atoms with van der Waals surface area (Å²) in [5.41, 5.74) is 3.08. The monoisotopic (exact) mass is 246 g/mol. The average molecular weight is 246 g/mol. The molecule has 2 N–H and O–H groups in total. The van der Waals surface area contributed by atoms with Gasteiger partial charge in [0.05, 0.1) is 13.2 Å². The van der Waals surface area contributed by atoms with Crippen molar-refractivity contribution < 1.29 is 9.47 Å². The van der Waals surface area contributed by atoms with Crippen LogP contribution >= 0.6 is 0 Å². The molecule has 2 aliphatic rings. The van der Waals surface area contributed by atoms with Gasteiger partial charge in [0.15, 0.2) is 0 Å². The lowest BCUT2D eigenvalue weighted by molar-refractivity contribution is -0.173. The van der Waals surface area contributed by atoms with Gasteiger partial charge < -0.3 is 14.8 Å². The molecule has 18 heavy (non-hydrogen) atoms. The van der Waals surface area contributed by atoms with Crippen molar-refractivity contribution in [3.05, 3.63) is 34.9 Å². The third-order valence-electron chi connectivity index (χ3n) is 3.49. The predicted octanol–water partition coefficient (Wildman–Crippen LogP) is 2.07. The van der Waals surface area contributed by atoms with E-state index in [1.807, 2.05) is 6.07 Å². The molecule has 1 fully saturated rings. The van der Waals surface area contributed by atoms with Gasteiger partial charge in [0.1, 0.15) is 5.84 Å². The molecule has 0 saturated carbocycles. The van der Waals surface area contributed by atoms with Gasteiger partial charge in [0.25, 0.3) is 5.91 Å². The maximum absolute atomic E-state index is 8.05. The maximum atomic E-state index is 8.05. The highest BCUT2D eigenvalue weighted by Crippen LogP contribution is 2.38. The van der Waals surface area contributed by atoms with E-state index < -0.39 is 5.91 Å². The Morgan fingerprint density at radius 2 is 1.89 bits per heavy atom.